The first-order chi connectivity index (χ1) is 13.1. The third-order valence-electron chi connectivity index (χ3n) is 3.74. The van der Waals surface area contributed by atoms with Crippen LogP contribution < -0.4 is 14.5 Å². The van der Waals surface area contributed by atoms with Crippen molar-refractivity contribution in [1.29, 1.82) is 0 Å². The molecule has 0 bridgehead atoms. The zero-order valence-corrected chi connectivity index (χ0v) is 17.1. The smallest absolute Gasteiger partial charge is 0.260 e. The van der Waals surface area contributed by atoms with Crippen LogP contribution in [0.1, 0.15) is 12.5 Å². The first kappa shape index (κ1) is 21.5. The van der Waals surface area contributed by atoms with E-state index in [1.807, 2.05) is 0 Å². The molecule has 0 aliphatic heterocycles. The molecule has 0 unspecified atom stereocenters. The van der Waals surface area contributed by atoms with Gasteiger partial charge in [0.25, 0.3) is 5.91 Å². The van der Waals surface area contributed by atoms with Gasteiger partial charge in [0.1, 0.15) is 18.0 Å². The lowest BCUT2D eigenvalue weighted by Gasteiger charge is -2.23. The molecule has 0 radical (unpaired) electrons. The molecular formula is C18H20ClN3O5S. The number of carbonyl (C=O) groups is 1. The highest BCUT2D eigenvalue weighted by molar-refractivity contribution is 7.92. The fourth-order valence-electron chi connectivity index (χ4n) is 2.39. The Labute approximate surface area is 168 Å². The van der Waals surface area contributed by atoms with Crippen molar-refractivity contribution in [2.75, 3.05) is 24.2 Å². The highest BCUT2D eigenvalue weighted by Gasteiger charge is 2.24. The summed E-state index contributed by atoms with van der Waals surface area (Å²) >= 11 is 5.97. The van der Waals surface area contributed by atoms with E-state index in [-0.39, 0.29) is 17.2 Å². The number of aromatic hydroxyl groups is 1. The number of halogens is 1. The fraction of sp³-hybridized carbons (Fsp3) is 0.222. The van der Waals surface area contributed by atoms with Gasteiger partial charge < -0.3 is 9.84 Å². The molecule has 28 heavy (non-hydrogen) atoms. The normalized spacial score (nSPS) is 11.8. The minimum Gasteiger partial charge on any atom is -0.507 e. The van der Waals surface area contributed by atoms with Crippen molar-refractivity contribution < 1.29 is 23.1 Å². The van der Waals surface area contributed by atoms with Crippen molar-refractivity contribution in [2.24, 2.45) is 5.10 Å². The standard InChI is InChI=1S/C18H20ClN3O5S/c1-12(14-6-4-5-7-16(14)23)20-21-18(24)11-22(28(3,25)26)15-10-13(19)8-9-17(15)27-2/h4-10,23H,11H2,1-3H3,(H,21,24)/b20-12-. The molecule has 2 N–H and O–H groups in total. The summed E-state index contributed by atoms with van der Waals surface area (Å²) in [5.74, 6) is -0.418. The van der Waals surface area contributed by atoms with E-state index in [1.54, 1.807) is 31.2 Å². The Kier molecular flexibility index (Phi) is 6.87. The van der Waals surface area contributed by atoms with Gasteiger partial charge in [0.05, 0.1) is 24.8 Å². The minimum atomic E-state index is -3.81. The number of amides is 1. The fourth-order valence-corrected chi connectivity index (χ4v) is 3.41. The number of nitrogens with one attached hydrogen (secondary N) is 1. The lowest BCUT2D eigenvalue weighted by atomic mass is 10.1. The molecule has 2 aromatic rings. The Morgan fingerprint density at radius 3 is 2.57 bits per heavy atom. The second kappa shape index (κ2) is 8.94. The van der Waals surface area contributed by atoms with Crippen LogP contribution in [0.2, 0.25) is 5.02 Å². The molecule has 0 saturated carbocycles. The van der Waals surface area contributed by atoms with Crippen LogP contribution in [0.3, 0.4) is 0 Å². The number of hydrogen-bond donors (Lipinski definition) is 2. The number of para-hydroxylation sites is 1. The average molecular weight is 426 g/mol. The number of nitrogens with zero attached hydrogens (tertiary/aromatic N) is 2. The van der Waals surface area contributed by atoms with E-state index >= 15 is 0 Å². The molecule has 150 valence electrons. The maximum atomic E-state index is 12.3. The first-order valence-electron chi connectivity index (χ1n) is 8.06. The molecule has 0 aliphatic carbocycles. The van der Waals surface area contributed by atoms with Gasteiger partial charge in [0.15, 0.2) is 0 Å². The van der Waals surface area contributed by atoms with Crippen LogP contribution in [-0.4, -0.2) is 45.1 Å². The number of ether oxygens (including phenoxy) is 1. The van der Waals surface area contributed by atoms with Crippen molar-refractivity contribution in [3.05, 3.63) is 53.1 Å². The van der Waals surface area contributed by atoms with E-state index < -0.39 is 22.5 Å². The third-order valence-corrected chi connectivity index (χ3v) is 5.10. The number of sulfonamides is 1. The Morgan fingerprint density at radius 2 is 1.96 bits per heavy atom. The van der Waals surface area contributed by atoms with Gasteiger partial charge in [-0.1, -0.05) is 23.7 Å². The molecule has 0 heterocycles. The number of rotatable bonds is 7. The van der Waals surface area contributed by atoms with Crippen LogP contribution in [0.15, 0.2) is 47.6 Å². The number of phenolic OH excluding ortho intramolecular Hbond substituents is 1. The number of benzene rings is 2. The SMILES string of the molecule is COc1ccc(Cl)cc1N(CC(=O)N/N=C(/C)c1ccccc1O)S(C)(=O)=O. The Hall–Kier alpha value is -2.78. The second-order valence-corrected chi connectivity index (χ2v) is 8.18. The summed E-state index contributed by atoms with van der Waals surface area (Å²) in [4.78, 5) is 12.3. The lowest BCUT2D eigenvalue weighted by molar-refractivity contribution is -0.119. The minimum absolute atomic E-state index is 0.0134. The second-order valence-electron chi connectivity index (χ2n) is 5.84. The van der Waals surface area contributed by atoms with Crippen molar-refractivity contribution in [3.63, 3.8) is 0 Å². The maximum Gasteiger partial charge on any atom is 0.260 e. The molecule has 0 aliphatic rings. The highest BCUT2D eigenvalue weighted by atomic mass is 35.5. The van der Waals surface area contributed by atoms with E-state index in [1.165, 1.54) is 25.3 Å². The molecule has 0 fully saturated rings. The molecule has 8 nitrogen and oxygen atoms in total. The van der Waals surface area contributed by atoms with Crippen LogP contribution in [0.4, 0.5) is 5.69 Å². The highest BCUT2D eigenvalue weighted by Crippen LogP contribution is 2.32. The van der Waals surface area contributed by atoms with Gasteiger partial charge in [-0.25, -0.2) is 13.8 Å². The Morgan fingerprint density at radius 1 is 1.29 bits per heavy atom. The van der Waals surface area contributed by atoms with E-state index in [2.05, 4.69) is 10.5 Å². The number of hydrogen-bond acceptors (Lipinski definition) is 6. The van der Waals surface area contributed by atoms with Crippen LogP contribution in [0.25, 0.3) is 0 Å². The molecular weight excluding hydrogens is 406 g/mol. The van der Waals surface area contributed by atoms with Gasteiger partial charge in [0.2, 0.25) is 10.0 Å². The van der Waals surface area contributed by atoms with Gasteiger partial charge >= 0.3 is 0 Å². The van der Waals surface area contributed by atoms with E-state index in [4.69, 9.17) is 16.3 Å². The number of anilines is 1. The topological polar surface area (TPSA) is 108 Å². The summed E-state index contributed by atoms with van der Waals surface area (Å²) in [6, 6.07) is 11.0. The molecule has 0 aromatic heterocycles. The summed E-state index contributed by atoms with van der Waals surface area (Å²) in [7, 11) is -2.43. The van der Waals surface area contributed by atoms with Crippen LogP contribution in [0.5, 0.6) is 11.5 Å². The number of hydrazone groups is 1. The third kappa shape index (κ3) is 5.37. The van der Waals surface area contributed by atoms with Gasteiger partial charge in [-0.2, -0.15) is 5.10 Å². The summed E-state index contributed by atoms with van der Waals surface area (Å²) in [6.07, 6.45) is 0.969. The Bertz CT molecular complexity index is 1010. The summed E-state index contributed by atoms with van der Waals surface area (Å²) < 4.78 is 30.5. The lowest BCUT2D eigenvalue weighted by Crippen LogP contribution is -2.39. The maximum absolute atomic E-state index is 12.3. The zero-order valence-electron chi connectivity index (χ0n) is 15.5. The Balaban J connectivity index is 2.25. The van der Waals surface area contributed by atoms with Crippen LogP contribution >= 0.6 is 11.6 Å². The van der Waals surface area contributed by atoms with Gasteiger partial charge in [-0.15, -0.1) is 0 Å². The van der Waals surface area contributed by atoms with Crippen molar-refractivity contribution in [1.82, 2.24) is 5.43 Å². The van der Waals surface area contributed by atoms with Gasteiger partial charge in [-0.05, 0) is 37.3 Å². The van der Waals surface area contributed by atoms with Crippen molar-refractivity contribution >= 4 is 38.9 Å². The molecule has 10 heteroatoms. The molecule has 2 rings (SSSR count). The number of carbonyl (C=O) groups excluding carboxylic acids is 1. The quantitative estimate of drug-likeness (QED) is 0.523. The summed E-state index contributed by atoms with van der Waals surface area (Å²) in [6.45, 7) is 1.07. The van der Waals surface area contributed by atoms with E-state index in [9.17, 15) is 18.3 Å². The molecule has 0 atom stereocenters. The predicted molar refractivity (Wildman–Crippen MR) is 109 cm³/mol. The van der Waals surface area contributed by atoms with Crippen LogP contribution in [0, 0.1) is 0 Å². The molecule has 0 saturated heterocycles. The average Bonchev–Trinajstić information content (AvgIpc) is 2.63. The molecule has 1 amide bonds. The molecule has 2 aromatic carbocycles. The van der Waals surface area contributed by atoms with Crippen LogP contribution in [-0.2, 0) is 14.8 Å². The molecule has 0 spiro atoms. The van der Waals surface area contributed by atoms with E-state index in [0.29, 0.717) is 16.3 Å². The van der Waals surface area contributed by atoms with Crippen molar-refractivity contribution in [2.45, 2.75) is 6.92 Å². The van der Waals surface area contributed by atoms with E-state index in [0.717, 1.165) is 10.6 Å². The van der Waals surface area contributed by atoms with Gasteiger partial charge in [0, 0.05) is 10.6 Å². The number of phenols is 1. The number of methoxy groups -OCH3 is 1. The monoisotopic (exact) mass is 425 g/mol. The zero-order chi connectivity index (χ0) is 20.9. The summed E-state index contributed by atoms with van der Waals surface area (Å²) in [5.41, 5.74) is 3.23. The van der Waals surface area contributed by atoms with Gasteiger partial charge in [-0.3, -0.25) is 9.10 Å². The first-order valence-corrected chi connectivity index (χ1v) is 10.3. The van der Waals surface area contributed by atoms with Crippen molar-refractivity contribution in [3.8, 4) is 11.5 Å². The predicted octanol–water partition coefficient (Wildman–Crippen LogP) is 2.36. The summed E-state index contributed by atoms with van der Waals surface area (Å²) in [5, 5.41) is 14.0. The largest absolute Gasteiger partial charge is 0.507 e.